The summed E-state index contributed by atoms with van der Waals surface area (Å²) in [4.78, 5) is 7.00. The summed E-state index contributed by atoms with van der Waals surface area (Å²) in [6.45, 7) is 4.49. The van der Waals surface area contributed by atoms with Gasteiger partial charge in [-0.25, -0.2) is 0 Å². The minimum Gasteiger partial charge on any atom is -0.380 e. The molecule has 1 saturated carbocycles. The van der Waals surface area contributed by atoms with Crippen LogP contribution in [0, 0.1) is 11.3 Å². The highest BCUT2D eigenvalue weighted by Gasteiger charge is 2.38. The smallest absolute Gasteiger partial charge is 0.103 e. The van der Waals surface area contributed by atoms with Crippen molar-refractivity contribution in [1.82, 2.24) is 9.88 Å². The van der Waals surface area contributed by atoms with Gasteiger partial charge in [0.25, 0.3) is 0 Å². The second kappa shape index (κ2) is 9.50. The van der Waals surface area contributed by atoms with E-state index in [1.807, 2.05) is 0 Å². The van der Waals surface area contributed by atoms with Gasteiger partial charge in [-0.1, -0.05) is 54.6 Å². The number of hydrogen-bond acceptors (Lipinski definition) is 5. The number of hydrogen-bond donors (Lipinski definition) is 1. The number of ether oxygens (including phenoxy) is 1. The lowest BCUT2D eigenvalue weighted by molar-refractivity contribution is 0.0342. The maximum Gasteiger partial charge on any atom is 0.103 e. The van der Waals surface area contributed by atoms with E-state index in [1.54, 1.807) is 6.20 Å². The van der Waals surface area contributed by atoms with Crippen molar-refractivity contribution in [2.24, 2.45) is 0 Å². The summed E-state index contributed by atoms with van der Waals surface area (Å²) in [5.74, 6) is 0.478. The summed E-state index contributed by atoms with van der Waals surface area (Å²) < 4.78 is 5.49. The molecule has 2 fully saturated rings. The van der Waals surface area contributed by atoms with E-state index in [-0.39, 0.29) is 0 Å². The molecule has 4 aromatic rings. The first kappa shape index (κ1) is 21.8. The number of fused-ring (bicyclic) bond motifs is 1. The molecule has 1 saturated heterocycles. The Hall–Kier alpha value is -3.72. The molecule has 1 aliphatic heterocycles. The van der Waals surface area contributed by atoms with Crippen LogP contribution in [0.15, 0.2) is 79.0 Å². The lowest BCUT2D eigenvalue weighted by atomic mass is 9.99. The Kier molecular flexibility index (Phi) is 5.91. The minimum absolute atomic E-state index is 0.329. The first-order chi connectivity index (χ1) is 17.3. The molecule has 1 aromatic heterocycles. The van der Waals surface area contributed by atoms with Gasteiger partial charge in [-0.05, 0) is 46.9 Å². The molecule has 2 aliphatic rings. The van der Waals surface area contributed by atoms with Gasteiger partial charge in [0.15, 0.2) is 0 Å². The van der Waals surface area contributed by atoms with Gasteiger partial charge in [0.1, 0.15) is 6.07 Å². The van der Waals surface area contributed by atoms with Crippen molar-refractivity contribution in [3.8, 4) is 17.2 Å². The van der Waals surface area contributed by atoms with Crippen LogP contribution in [-0.2, 0) is 11.3 Å². The number of nitriles is 1. The number of benzene rings is 3. The molecule has 2 heterocycles. The largest absolute Gasteiger partial charge is 0.380 e. The molecule has 0 radical (unpaired) electrons. The molecule has 3 aromatic carbocycles. The van der Waals surface area contributed by atoms with Gasteiger partial charge < -0.3 is 10.1 Å². The Bertz CT molecular complexity index is 1390. The molecule has 2 atom stereocenters. The van der Waals surface area contributed by atoms with Crippen LogP contribution in [0.5, 0.6) is 0 Å². The van der Waals surface area contributed by atoms with Crippen LogP contribution >= 0.6 is 0 Å². The van der Waals surface area contributed by atoms with E-state index in [2.05, 4.69) is 94.1 Å². The van der Waals surface area contributed by atoms with Crippen LogP contribution in [0.2, 0.25) is 0 Å². The first-order valence-electron chi connectivity index (χ1n) is 12.3. The number of pyridine rings is 1. The van der Waals surface area contributed by atoms with E-state index in [0.717, 1.165) is 61.4 Å². The molecule has 6 rings (SSSR count). The Morgan fingerprint density at radius 1 is 0.971 bits per heavy atom. The third-order valence-electron chi connectivity index (χ3n) is 7.11. The molecule has 0 amide bonds. The van der Waals surface area contributed by atoms with Crippen LogP contribution < -0.4 is 5.32 Å². The first-order valence-corrected chi connectivity index (χ1v) is 12.3. The number of aromatic nitrogens is 1. The van der Waals surface area contributed by atoms with Crippen molar-refractivity contribution < 1.29 is 4.74 Å². The van der Waals surface area contributed by atoms with Crippen LogP contribution in [0.25, 0.3) is 22.0 Å². The predicted octanol–water partition coefficient (Wildman–Crippen LogP) is 5.57. The van der Waals surface area contributed by atoms with Crippen LogP contribution in [0.4, 0.5) is 5.69 Å². The molecule has 174 valence electrons. The Morgan fingerprint density at radius 3 is 2.63 bits per heavy atom. The standard InChI is InChI=1S/C30H28N4O/c31-18-25-19-32-28-10-9-24(23-8-4-5-21(15-23)20-34-11-13-35-14-12-34)16-27(28)30(25)33-29-17-26(29)22-6-2-1-3-7-22/h1-10,15-16,19,26,29H,11-14,17,20H2,(H,32,33)/t26-,29+/m0/s1. The fourth-order valence-corrected chi connectivity index (χ4v) is 5.09. The summed E-state index contributed by atoms with van der Waals surface area (Å²) >= 11 is 0. The lowest BCUT2D eigenvalue weighted by Gasteiger charge is -2.26. The summed E-state index contributed by atoms with van der Waals surface area (Å²) in [7, 11) is 0. The van der Waals surface area contributed by atoms with Gasteiger partial charge in [-0.15, -0.1) is 0 Å². The molecular weight excluding hydrogens is 432 g/mol. The van der Waals surface area contributed by atoms with Crippen LogP contribution in [0.1, 0.15) is 29.0 Å². The number of rotatable bonds is 6. The molecule has 0 spiro atoms. The number of anilines is 1. The highest BCUT2D eigenvalue weighted by atomic mass is 16.5. The van der Waals surface area contributed by atoms with E-state index >= 15 is 0 Å². The van der Waals surface area contributed by atoms with E-state index in [4.69, 9.17) is 4.74 Å². The third-order valence-corrected chi connectivity index (χ3v) is 7.11. The lowest BCUT2D eigenvalue weighted by Crippen LogP contribution is -2.35. The second-order valence-corrected chi connectivity index (χ2v) is 9.48. The van der Waals surface area contributed by atoms with E-state index in [0.29, 0.717) is 17.5 Å². The van der Waals surface area contributed by atoms with Crippen molar-refractivity contribution in [3.63, 3.8) is 0 Å². The molecule has 0 unspecified atom stereocenters. The van der Waals surface area contributed by atoms with Crippen molar-refractivity contribution in [3.05, 3.63) is 95.7 Å². The average Bonchev–Trinajstić information content (AvgIpc) is 3.69. The zero-order valence-corrected chi connectivity index (χ0v) is 19.7. The van der Waals surface area contributed by atoms with Gasteiger partial charge in [0.2, 0.25) is 0 Å². The summed E-state index contributed by atoms with van der Waals surface area (Å²) in [6.07, 6.45) is 2.76. The highest BCUT2D eigenvalue weighted by Crippen LogP contribution is 2.44. The van der Waals surface area contributed by atoms with Crippen LogP contribution in [-0.4, -0.2) is 42.2 Å². The Balaban J connectivity index is 1.30. The number of nitrogens with zero attached hydrogens (tertiary/aromatic N) is 3. The van der Waals surface area contributed by atoms with Crippen molar-refractivity contribution in [2.75, 3.05) is 31.6 Å². The van der Waals surface area contributed by atoms with Crippen molar-refractivity contribution >= 4 is 16.6 Å². The van der Waals surface area contributed by atoms with Crippen molar-refractivity contribution in [1.29, 1.82) is 5.26 Å². The van der Waals surface area contributed by atoms with Gasteiger partial charge in [-0.2, -0.15) is 5.26 Å². The SMILES string of the molecule is N#Cc1cnc2ccc(-c3cccc(CN4CCOCC4)c3)cc2c1N[C@@H]1C[C@H]1c1ccccc1. The maximum absolute atomic E-state index is 9.83. The Morgan fingerprint density at radius 2 is 1.80 bits per heavy atom. The zero-order chi connectivity index (χ0) is 23.6. The molecule has 35 heavy (non-hydrogen) atoms. The third kappa shape index (κ3) is 4.64. The number of morpholine rings is 1. The van der Waals surface area contributed by atoms with Crippen LogP contribution in [0.3, 0.4) is 0 Å². The van der Waals surface area contributed by atoms with E-state index in [9.17, 15) is 5.26 Å². The molecular formula is C30H28N4O. The predicted molar refractivity (Wildman–Crippen MR) is 139 cm³/mol. The van der Waals surface area contributed by atoms with Crippen molar-refractivity contribution in [2.45, 2.75) is 24.9 Å². The fourth-order valence-electron chi connectivity index (χ4n) is 5.09. The molecule has 1 N–H and O–H groups in total. The summed E-state index contributed by atoms with van der Waals surface area (Å²) in [5, 5.41) is 14.5. The van der Waals surface area contributed by atoms with Gasteiger partial charge in [0, 0.05) is 43.2 Å². The molecule has 0 bridgehead atoms. The van der Waals surface area contributed by atoms with Gasteiger partial charge in [0.05, 0.1) is 30.0 Å². The van der Waals surface area contributed by atoms with E-state index < -0.39 is 0 Å². The molecule has 5 nitrogen and oxygen atoms in total. The molecule has 1 aliphatic carbocycles. The monoisotopic (exact) mass is 460 g/mol. The molecule has 5 heteroatoms. The average molecular weight is 461 g/mol. The normalized spacial score (nSPS) is 19.9. The minimum atomic E-state index is 0.329. The van der Waals surface area contributed by atoms with Gasteiger partial charge in [-0.3, -0.25) is 9.88 Å². The van der Waals surface area contributed by atoms with Gasteiger partial charge >= 0.3 is 0 Å². The maximum atomic E-state index is 9.83. The topological polar surface area (TPSA) is 61.2 Å². The Labute approximate surface area is 206 Å². The number of nitrogens with one attached hydrogen (secondary N) is 1. The quantitative estimate of drug-likeness (QED) is 0.407. The second-order valence-electron chi connectivity index (χ2n) is 9.48. The van der Waals surface area contributed by atoms with E-state index in [1.165, 1.54) is 16.7 Å². The zero-order valence-electron chi connectivity index (χ0n) is 19.7. The highest BCUT2D eigenvalue weighted by molar-refractivity contribution is 5.97. The summed E-state index contributed by atoms with van der Waals surface area (Å²) in [6, 6.07) is 28.4. The summed E-state index contributed by atoms with van der Waals surface area (Å²) in [5.41, 5.74) is 7.35. The fraction of sp³-hybridized carbons (Fsp3) is 0.267.